The molecular formula is C16H40N2O2Si2. The molecule has 2 atom stereocenters. The van der Waals surface area contributed by atoms with E-state index in [0.717, 1.165) is 52.2 Å². The van der Waals surface area contributed by atoms with Crippen LogP contribution in [0.15, 0.2) is 0 Å². The van der Waals surface area contributed by atoms with Crippen LogP contribution in [0.25, 0.3) is 0 Å². The SMILES string of the molecule is CCOC(CCNCCNCCC(OCC)[SiH](C)C)[SiH](C)C. The molecule has 0 radical (unpaired) electrons. The summed E-state index contributed by atoms with van der Waals surface area (Å²) in [6, 6.07) is 0. The summed E-state index contributed by atoms with van der Waals surface area (Å²) in [5, 5.41) is 7.04. The van der Waals surface area contributed by atoms with Gasteiger partial charge in [-0.2, -0.15) is 0 Å². The third-order valence-electron chi connectivity index (χ3n) is 3.94. The lowest BCUT2D eigenvalue weighted by molar-refractivity contribution is 0.108. The van der Waals surface area contributed by atoms with Gasteiger partial charge in [0.15, 0.2) is 0 Å². The molecule has 2 N–H and O–H groups in total. The normalized spacial score (nSPS) is 14.7. The van der Waals surface area contributed by atoms with Crippen LogP contribution in [0.2, 0.25) is 26.2 Å². The zero-order valence-corrected chi connectivity index (χ0v) is 18.1. The van der Waals surface area contributed by atoms with Crippen molar-refractivity contribution in [3.8, 4) is 0 Å². The van der Waals surface area contributed by atoms with E-state index < -0.39 is 17.6 Å². The van der Waals surface area contributed by atoms with Gasteiger partial charge in [-0.15, -0.1) is 0 Å². The van der Waals surface area contributed by atoms with Crippen molar-refractivity contribution < 1.29 is 9.47 Å². The molecular weight excluding hydrogens is 308 g/mol. The highest BCUT2D eigenvalue weighted by atomic mass is 28.3. The Morgan fingerprint density at radius 2 is 1.05 bits per heavy atom. The van der Waals surface area contributed by atoms with Crippen LogP contribution in [0, 0.1) is 0 Å². The summed E-state index contributed by atoms with van der Waals surface area (Å²) < 4.78 is 11.6. The molecule has 0 aromatic heterocycles. The maximum atomic E-state index is 5.82. The Morgan fingerprint density at radius 1 is 0.682 bits per heavy atom. The molecule has 134 valence electrons. The third kappa shape index (κ3) is 11.8. The zero-order valence-electron chi connectivity index (χ0n) is 15.8. The van der Waals surface area contributed by atoms with Gasteiger partial charge in [-0.05, 0) is 39.8 Å². The molecule has 0 aliphatic carbocycles. The Hall–Kier alpha value is 0.274. The summed E-state index contributed by atoms with van der Waals surface area (Å²) in [7, 11) is -1.38. The van der Waals surface area contributed by atoms with Crippen molar-refractivity contribution in [3.05, 3.63) is 0 Å². The van der Waals surface area contributed by atoms with Crippen LogP contribution in [-0.2, 0) is 9.47 Å². The van der Waals surface area contributed by atoms with Gasteiger partial charge in [0.2, 0.25) is 0 Å². The molecule has 0 saturated heterocycles. The van der Waals surface area contributed by atoms with E-state index >= 15 is 0 Å². The fraction of sp³-hybridized carbons (Fsp3) is 1.00. The van der Waals surface area contributed by atoms with Crippen LogP contribution in [-0.4, -0.2) is 68.4 Å². The van der Waals surface area contributed by atoms with Crippen LogP contribution in [0.4, 0.5) is 0 Å². The van der Waals surface area contributed by atoms with Crippen LogP contribution >= 0.6 is 0 Å². The first kappa shape index (κ1) is 22.3. The van der Waals surface area contributed by atoms with Crippen molar-refractivity contribution in [1.82, 2.24) is 10.6 Å². The first-order valence-corrected chi connectivity index (χ1v) is 15.1. The average molecular weight is 349 g/mol. The first-order valence-electron chi connectivity index (χ1n) is 9.17. The minimum atomic E-state index is -0.689. The van der Waals surface area contributed by atoms with Gasteiger partial charge >= 0.3 is 0 Å². The highest BCUT2D eigenvalue weighted by Crippen LogP contribution is 2.03. The Balaban J connectivity index is 3.53. The lowest BCUT2D eigenvalue weighted by Gasteiger charge is -2.21. The molecule has 0 rings (SSSR count). The topological polar surface area (TPSA) is 42.5 Å². The van der Waals surface area contributed by atoms with Crippen LogP contribution in [0.3, 0.4) is 0 Å². The molecule has 22 heavy (non-hydrogen) atoms. The van der Waals surface area contributed by atoms with E-state index in [1.165, 1.54) is 0 Å². The van der Waals surface area contributed by atoms with Gasteiger partial charge in [-0.1, -0.05) is 26.2 Å². The predicted molar refractivity (Wildman–Crippen MR) is 104 cm³/mol. The molecule has 0 amide bonds. The van der Waals surface area contributed by atoms with E-state index in [1.807, 2.05) is 0 Å². The molecule has 0 aliphatic heterocycles. The smallest absolute Gasteiger partial charge is 0.0656 e. The lowest BCUT2D eigenvalue weighted by Crippen LogP contribution is -2.36. The summed E-state index contributed by atoms with van der Waals surface area (Å²) in [5.74, 6) is 0. The molecule has 6 heteroatoms. The standard InChI is InChI=1S/C16H40N2O2Si2/c1-7-19-15(21(3)4)9-11-17-13-14-18-12-10-16(20-8-2)22(5)6/h15-18,21-22H,7-14H2,1-6H3. The van der Waals surface area contributed by atoms with Crippen LogP contribution in [0.1, 0.15) is 26.7 Å². The van der Waals surface area contributed by atoms with Crippen molar-refractivity contribution in [2.75, 3.05) is 39.4 Å². The van der Waals surface area contributed by atoms with Crippen molar-refractivity contribution in [3.63, 3.8) is 0 Å². The predicted octanol–water partition coefficient (Wildman–Crippen LogP) is 1.81. The van der Waals surface area contributed by atoms with Crippen molar-refractivity contribution in [1.29, 1.82) is 0 Å². The van der Waals surface area contributed by atoms with E-state index in [0.29, 0.717) is 11.5 Å². The largest absolute Gasteiger partial charge is 0.382 e. The molecule has 0 bridgehead atoms. The summed E-state index contributed by atoms with van der Waals surface area (Å²) in [4.78, 5) is 0. The van der Waals surface area contributed by atoms with E-state index in [-0.39, 0.29) is 0 Å². The van der Waals surface area contributed by atoms with Gasteiger partial charge in [0.1, 0.15) is 0 Å². The molecule has 0 aliphatic rings. The van der Waals surface area contributed by atoms with Gasteiger partial charge < -0.3 is 20.1 Å². The van der Waals surface area contributed by atoms with Gasteiger partial charge in [-0.25, -0.2) is 0 Å². The molecule has 2 unspecified atom stereocenters. The molecule has 0 fully saturated rings. The summed E-state index contributed by atoms with van der Waals surface area (Å²) in [6.07, 6.45) is 2.31. The molecule has 0 aromatic rings. The van der Waals surface area contributed by atoms with Crippen LogP contribution < -0.4 is 10.6 Å². The maximum absolute atomic E-state index is 5.82. The first-order chi connectivity index (χ1) is 10.5. The van der Waals surface area contributed by atoms with Crippen molar-refractivity contribution >= 4 is 17.6 Å². The number of ether oxygens (including phenoxy) is 2. The van der Waals surface area contributed by atoms with E-state index in [4.69, 9.17) is 9.47 Å². The number of hydrogen-bond acceptors (Lipinski definition) is 4. The van der Waals surface area contributed by atoms with Gasteiger partial charge in [0.25, 0.3) is 0 Å². The van der Waals surface area contributed by atoms with E-state index in [1.54, 1.807) is 0 Å². The fourth-order valence-electron chi connectivity index (χ4n) is 2.56. The molecule has 0 spiro atoms. The average Bonchev–Trinajstić information content (AvgIpc) is 2.47. The van der Waals surface area contributed by atoms with Crippen molar-refractivity contribution in [2.45, 2.75) is 64.3 Å². The molecule has 4 nitrogen and oxygen atoms in total. The number of hydrogen-bond donors (Lipinski definition) is 2. The van der Waals surface area contributed by atoms with Gasteiger partial charge in [0, 0.05) is 37.8 Å². The van der Waals surface area contributed by atoms with Gasteiger partial charge in [0.05, 0.1) is 17.6 Å². The Morgan fingerprint density at radius 3 is 1.32 bits per heavy atom. The lowest BCUT2D eigenvalue weighted by atomic mass is 10.4. The molecule has 0 aromatic carbocycles. The second kappa shape index (κ2) is 14.8. The summed E-state index contributed by atoms with van der Waals surface area (Å²) >= 11 is 0. The maximum Gasteiger partial charge on any atom is 0.0656 e. The van der Waals surface area contributed by atoms with Crippen molar-refractivity contribution in [2.24, 2.45) is 0 Å². The number of nitrogens with one attached hydrogen (secondary N) is 2. The van der Waals surface area contributed by atoms with E-state index in [2.05, 4.69) is 50.7 Å². The monoisotopic (exact) mass is 348 g/mol. The minimum Gasteiger partial charge on any atom is -0.382 e. The third-order valence-corrected chi connectivity index (χ3v) is 7.96. The molecule has 0 heterocycles. The quantitative estimate of drug-likeness (QED) is 0.350. The minimum absolute atomic E-state index is 0.522. The summed E-state index contributed by atoms with van der Waals surface area (Å²) in [5.41, 5.74) is 1.04. The highest BCUT2D eigenvalue weighted by molar-refractivity contribution is 6.57. The Labute approximate surface area is 141 Å². The summed E-state index contributed by atoms with van der Waals surface area (Å²) in [6.45, 7) is 19.6. The fourth-order valence-corrected chi connectivity index (χ4v) is 5.38. The second-order valence-electron chi connectivity index (χ2n) is 6.55. The van der Waals surface area contributed by atoms with Crippen LogP contribution in [0.5, 0.6) is 0 Å². The zero-order chi connectivity index (χ0) is 16.8. The number of rotatable bonds is 15. The Kier molecular flexibility index (Phi) is 15.0. The Bertz CT molecular complexity index is 220. The van der Waals surface area contributed by atoms with Gasteiger partial charge in [-0.3, -0.25) is 0 Å². The van der Waals surface area contributed by atoms with E-state index in [9.17, 15) is 0 Å². The highest BCUT2D eigenvalue weighted by Gasteiger charge is 2.14. The second-order valence-corrected chi connectivity index (χ2v) is 13.0. The molecule has 0 saturated carbocycles.